The van der Waals surface area contributed by atoms with Gasteiger partial charge in [0, 0.05) is 28.9 Å². The largest absolute Gasteiger partial charge is 0.480 e. The summed E-state index contributed by atoms with van der Waals surface area (Å²) in [6.45, 7) is 0. The lowest BCUT2D eigenvalue weighted by Crippen LogP contribution is -2.07. The predicted octanol–water partition coefficient (Wildman–Crippen LogP) is 3.07. The van der Waals surface area contributed by atoms with Crippen molar-refractivity contribution in [2.75, 3.05) is 7.11 Å². The average Bonchev–Trinajstić information content (AvgIpc) is 2.41. The molecule has 4 nitrogen and oxygen atoms in total. The van der Waals surface area contributed by atoms with Crippen LogP contribution in [-0.2, 0) is 6.42 Å². The molecule has 0 saturated heterocycles. The second-order valence-corrected chi connectivity index (χ2v) is 4.75. The lowest BCUT2D eigenvalue weighted by molar-refractivity contribution is 0.167. The highest BCUT2D eigenvalue weighted by Crippen LogP contribution is 2.28. The molecule has 0 aliphatic rings. The van der Waals surface area contributed by atoms with Gasteiger partial charge in [-0.1, -0.05) is 29.3 Å². The summed E-state index contributed by atoms with van der Waals surface area (Å²) in [7, 11) is 1.48. The third-order valence-electron chi connectivity index (χ3n) is 2.63. The van der Waals surface area contributed by atoms with Gasteiger partial charge in [-0.15, -0.1) is 0 Å². The van der Waals surface area contributed by atoms with Crippen molar-refractivity contribution < 1.29 is 9.84 Å². The van der Waals surface area contributed by atoms with Crippen molar-refractivity contribution in [1.82, 2.24) is 9.97 Å². The Bertz CT molecular complexity index is 578. The van der Waals surface area contributed by atoms with Gasteiger partial charge >= 0.3 is 0 Å². The van der Waals surface area contributed by atoms with Gasteiger partial charge in [0.2, 0.25) is 5.88 Å². The molecule has 1 heterocycles. The number of nitrogens with zero attached hydrogens (tertiary/aromatic N) is 2. The van der Waals surface area contributed by atoms with Crippen LogP contribution in [0.4, 0.5) is 0 Å². The molecule has 2 aromatic rings. The highest BCUT2D eigenvalue weighted by Gasteiger charge is 2.17. The Labute approximate surface area is 121 Å². The van der Waals surface area contributed by atoms with Crippen LogP contribution >= 0.6 is 23.2 Å². The maximum Gasteiger partial charge on any atom is 0.238 e. The van der Waals surface area contributed by atoms with E-state index < -0.39 is 6.10 Å². The molecule has 1 aromatic carbocycles. The van der Waals surface area contributed by atoms with Crippen LogP contribution in [0.5, 0.6) is 5.88 Å². The standard InChI is InChI=1S/C13H12Cl2N2O2/c1-19-13-12(16-4-5-17-13)11(18)6-8-2-3-9(14)7-10(8)15/h2-5,7,11,18H,6H2,1H3. The molecule has 1 aromatic heterocycles. The molecule has 0 aliphatic heterocycles. The van der Waals surface area contributed by atoms with Crippen molar-refractivity contribution in [3.63, 3.8) is 0 Å². The molecular formula is C13H12Cl2N2O2. The molecule has 1 unspecified atom stereocenters. The van der Waals surface area contributed by atoms with Crippen LogP contribution in [0.25, 0.3) is 0 Å². The minimum Gasteiger partial charge on any atom is -0.480 e. The van der Waals surface area contributed by atoms with Crippen LogP contribution in [0, 0.1) is 0 Å². The van der Waals surface area contributed by atoms with E-state index >= 15 is 0 Å². The molecule has 100 valence electrons. The van der Waals surface area contributed by atoms with E-state index in [2.05, 4.69) is 9.97 Å². The van der Waals surface area contributed by atoms with Crippen LogP contribution in [-0.4, -0.2) is 22.2 Å². The van der Waals surface area contributed by atoms with Crippen molar-refractivity contribution in [2.24, 2.45) is 0 Å². The van der Waals surface area contributed by atoms with E-state index in [1.165, 1.54) is 19.5 Å². The highest BCUT2D eigenvalue weighted by atomic mass is 35.5. The molecule has 1 N–H and O–H groups in total. The van der Waals surface area contributed by atoms with Crippen molar-refractivity contribution in [2.45, 2.75) is 12.5 Å². The van der Waals surface area contributed by atoms with Crippen LogP contribution in [0.2, 0.25) is 10.0 Å². The lowest BCUT2D eigenvalue weighted by atomic mass is 10.1. The summed E-state index contributed by atoms with van der Waals surface area (Å²) in [6.07, 6.45) is 2.47. The topological polar surface area (TPSA) is 55.2 Å². The molecule has 0 saturated carbocycles. The van der Waals surface area contributed by atoms with E-state index in [4.69, 9.17) is 27.9 Å². The number of ether oxygens (including phenoxy) is 1. The number of rotatable bonds is 4. The van der Waals surface area contributed by atoms with Crippen LogP contribution in [0.15, 0.2) is 30.6 Å². The Morgan fingerprint density at radius 2 is 2.00 bits per heavy atom. The fourth-order valence-corrected chi connectivity index (χ4v) is 2.20. The second kappa shape index (κ2) is 6.19. The average molecular weight is 299 g/mol. The van der Waals surface area contributed by atoms with E-state index in [0.29, 0.717) is 28.0 Å². The van der Waals surface area contributed by atoms with Gasteiger partial charge in [0.1, 0.15) is 11.8 Å². The van der Waals surface area contributed by atoms with Crippen LogP contribution in [0.1, 0.15) is 17.4 Å². The number of aromatic nitrogens is 2. The number of aliphatic hydroxyl groups excluding tert-OH is 1. The first-order valence-electron chi connectivity index (χ1n) is 5.58. The molecule has 0 fully saturated rings. The van der Waals surface area contributed by atoms with Gasteiger partial charge in [0.05, 0.1) is 7.11 Å². The zero-order valence-electron chi connectivity index (χ0n) is 10.2. The van der Waals surface area contributed by atoms with Gasteiger partial charge in [-0.2, -0.15) is 0 Å². The van der Waals surface area contributed by atoms with E-state index in [1.807, 2.05) is 0 Å². The lowest BCUT2D eigenvalue weighted by Gasteiger charge is -2.13. The van der Waals surface area contributed by atoms with Crippen molar-refractivity contribution in [3.8, 4) is 5.88 Å². The van der Waals surface area contributed by atoms with Crippen LogP contribution in [0.3, 0.4) is 0 Å². The minimum absolute atomic E-state index is 0.306. The number of halogens is 2. The van der Waals surface area contributed by atoms with Crippen molar-refractivity contribution >= 4 is 23.2 Å². The third kappa shape index (κ3) is 3.35. The Balaban J connectivity index is 2.23. The van der Waals surface area contributed by atoms with Gasteiger partial charge in [-0.05, 0) is 17.7 Å². The molecule has 19 heavy (non-hydrogen) atoms. The maximum atomic E-state index is 10.2. The fourth-order valence-electron chi connectivity index (χ4n) is 1.71. The van der Waals surface area contributed by atoms with Gasteiger partial charge in [0.15, 0.2) is 0 Å². The molecule has 1 atom stereocenters. The Kier molecular flexibility index (Phi) is 4.58. The molecule has 0 aliphatic carbocycles. The summed E-state index contributed by atoms with van der Waals surface area (Å²) in [5.41, 5.74) is 1.17. The molecule has 0 amide bonds. The zero-order valence-corrected chi connectivity index (χ0v) is 11.7. The molecule has 6 heteroatoms. The fraction of sp³-hybridized carbons (Fsp3) is 0.231. The second-order valence-electron chi connectivity index (χ2n) is 3.91. The quantitative estimate of drug-likeness (QED) is 0.942. The van der Waals surface area contributed by atoms with Crippen molar-refractivity contribution in [3.05, 3.63) is 51.9 Å². The highest BCUT2D eigenvalue weighted by molar-refractivity contribution is 6.35. The normalized spacial score (nSPS) is 12.2. The monoisotopic (exact) mass is 298 g/mol. The third-order valence-corrected chi connectivity index (χ3v) is 3.22. The number of hydrogen-bond acceptors (Lipinski definition) is 4. The number of hydrogen-bond donors (Lipinski definition) is 1. The first kappa shape index (κ1) is 14.1. The molecule has 0 bridgehead atoms. The smallest absolute Gasteiger partial charge is 0.238 e. The van der Waals surface area contributed by atoms with Crippen molar-refractivity contribution in [1.29, 1.82) is 0 Å². The Hall–Kier alpha value is -1.36. The number of methoxy groups -OCH3 is 1. The van der Waals surface area contributed by atoms with E-state index in [9.17, 15) is 5.11 Å². The van der Waals surface area contributed by atoms with Gasteiger partial charge in [-0.25, -0.2) is 4.98 Å². The van der Waals surface area contributed by atoms with Gasteiger partial charge in [0.25, 0.3) is 0 Å². The van der Waals surface area contributed by atoms with E-state index in [1.54, 1.807) is 18.2 Å². The van der Waals surface area contributed by atoms with E-state index in [-0.39, 0.29) is 0 Å². The number of benzene rings is 1. The summed E-state index contributed by atoms with van der Waals surface area (Å²) in [4.78, 5) is 8.08. The molecular weight excluding hydrogens is 287 g/mol. The predicted molar refractivity (Wildman–Crippen MR) is 73.7 cm³/mol. The summed E-state index contributed by atoms with van der Waals surface area (Å²) in [5, 5.41) is 11.3. The van der Waals surface area contributed by atoms with Crippen LogP contribution < -0.4 is 4.74 Å². The number of aliphatic hydroxyl groups is 1. The molecule has 2 rings (SSSR count). The SMILES string of the molecule is COc1nccnc1C(O)Cc1ccc(Cl)cc1Cl. The van der Waals surface area contributed by atoms with E-state index in [0.717, 1.165) is 5.56 Å². The Morgan fingerprint density at radius 1 is 1.26 bits per heavy atom. The first-order chi connectivity index (χ1) is 9.11. The molecule has 0 spiro atoms. The summed E-state index contributed by atoms with van der Waals surface area (Å²) in [5.74, 6) is 0.306. The minimum atomic E-state index is -0.845. The maximum absolute atomic E-state index is 10.2. The molecule has 0 radical (unpaired) electrons. The summed E-state index contributed by atoms with van der Waals surface area (Å²) < 4.78 is 5.07. The summed E-state index contributed by atoms with van der Waals surface area (Å²) in [6, 6.07) is 5.14. The zero-order chi connectivity index (χ0) is 13.8. The first-order valence-corrected chi connectivity index (χ1v) is 6.34. The van der Waals surface area contributed by atoms with Gasteiger partial charge < -0.3 is 9.84 Å². The van der Waals surface area contributed by atoms with Gasteiger partial charge in [-0.3, -0.25) is 4.98 Å². The Morgan fingerprint density at radius 3 is 2.68 bits per heavy atom. The summed E-state index contributed by atoms with van der Waals surface area (Å²) >= 11 is 11.9.